The van der Waals surface area contributed by atoms with Gasteiger partial charge in [-0.1, -0.05) is 261 Å². The van der Waals surface area contributed by atoms with E-state index < -0.39 is 0 Å². The molecular weight excluding hydrogens is 1330 g/mol. The van der Waals surface area contributed by atoms with Crippen LogP contribution in [0, 0.1) is 22.7 Å². The van der Waals surface area contributed by atoms with Crippen LogP contribution in [0.5, 0.6) is 0 Å². The highest BCUT2D eigenvalue weighted by molar-refractivity contribution is 6.14. The quantitative estimate of drug-likeness (QED) is 0.129. The number of para-hydroxylation sites is 4. The number of nitrogens with zero attached hydrogens (tertiary/aromatic N) is 6. The Kier molecular flexibility index (Phi) is 15.9. The van der Waals surface area contributed by atoms with Gasteiger partial charge in [0.15, 0.2) is 0 Å². The lowest BCUT2D eigenvalue weighted by atomic mass is 9.98. The molecule has 6 nitrogen and oxygen atoms in total. The fourth-order valence-electron chi connectivity index (χ4n) is 16.6. The van der Waals surface area contributed by atoms with Gasteiger partial charge in [0.2, 0.25) is 0 Å². The van der Waals surface area contributed by atoms with Crippen LogP contribution in [-0.4, -0.2) is 18.3 Å². The van der Waals surface area contributed by atoms with Gasteiger partial charge in [0.25, 0.3) is 0 Å². The topological polar surface area (TPSA) is 67.3 Å². The van der Waals surface area contributed by atoms with Crippen LogP contribution in [-0.2, 0) is 0 Å². The Balaban J connectivity index is 0.000000145. The molecule has 0 spiro atoms. The van der Waals surface area contributed by atoms with Crippen molar-refractivity contribution in [3.63, 3.8) is 0 Å². The summed E-state index contributed by atoms with van der Waals surface area (Å²) >= 11 is 0. The highest BCUT2D eigenvalue weighted by Gasteiger charge is 2.20. The third kappa shape index (κ3) is 11.4. The van der Waals surface area contributed by atoms with E-state index in [9.17, 15) is 10.5 Å². The lowest BCUT2D eigenvalue weighted by molar-refractivity contribution is 1.18. The molecule has 0 aliphatic rings. The molecule has 4 aromatic heterocycles. The molecule has 512 valence electrons. The summed E-state index contributed by atoms with van der Waals surface area (Å²) in [4.78, 5) is 0. The Hall–Kier alpha value is -15.1. The van der Waals surface area contributed by atoms with Crippen LogP contribution in [0.15, 0.2) is 400 Å². The van der Waals surface area contributed by atoms with Crippen molar-refractivity contribution < 1.29 is 0 Å². The third-order valence-corrected chi connectivity index (χ3v) is 21.9. The molecule has 0 saturated heterocycles. The first kappa shape index (κ1) is 64.5. The van der Waals surface area contributed by atoms with Gasteiger partial charge in [-0.25, -0.2) is 0 Å². The molecule has 0 saturated carbocycles. The van der Waals surface area contributed by atoms with Gasteiger partial charge >= 0.3 is 0 Å². The van der Waals surface area contributed by atoms with Crippen LogP contribution in [0.3, 0.4) is 0 Å². The van der Waals surface area contributed by atoms with E-state index in [1.165, 1.54) is 137 Å². The van der Waals surface area contributed by atoms with Crippen molar-refractivity contribution in [3.8, 4) is 113 Å². The number of hydrogen-bond donors (Lipinski definition) is 0. The Morgan fingerprint density at radius 1 is 0.145 bits per heavy atom. The molecule has 0 unspecified atom stereocenters. The van der Waals surface area contributed by atoms with Gasteiger partial charge < -0.3 is 18.3 Å². The zero-order valence-corrected chi connectivity index (χ0v) is 59.8. The van der Waals surface area contributed by atoms with Crippen LogP contribution < -0.4 is 0 Å². The molecular formula is C104H66N6. The summed E-state index contributed by atoms with van der Waals surface area (Å²) in [6, 6.07) is 147. The predicted octanol–water partition coefficient (Wildman–Crippen LogP) is 27.2. The minimum absolute atomic E-state index is 0.652. The van der Waals surface area contributed by atoms with E-state index >= 15 is 0 Å². The summed E-state index contributed by atoms with van der Waals surface area (Å²) < 4.78 is 9.37. The van der Waals surface area contributed by atoms with Crippen molar-refractivity contribution in [2.24, 2.45) is 0 Å². The van der Waals surface area contributed by atoms with Gasteiger partial charge in [-0.15, -0.1) is 0 Å². The van der Waals surface area contributed by atoms with E-state index in [1.54, 1.807) is 0 Å². The molecule has 0 amide bonds. The summed E-state index contributed by atoms with van der Waals surface area (Å²) in [7, 11) is 0. The van der Waals surface area contributed by atoms with Gasteiger partial charge in [0.05, 0.1) is 67.4 Å². The maximum atomic E-state index is 9.55. The maximum Gasteiger partial charge on any atom is 0.0992 e. The highest BCUT2D eigenvalue weighted by atomic mass is 15.0. The molecule has 21 aromatic rings. The number of hydrogen-bond acceptors (Lipinski definition) is 2. The number of nitriles is 2. The molecule has 0 atom stereocenters. The first-order chi connectivity index (χ1) is 54.4. The molecule has 6 heteroatoms. The Morgan fingerprint density at radius 2 is 0.382 bits per heavy atom. The lowest BCUT2D eigenvalue weighted by Crippen LogP contribution is -1.94. The molecule has 21 rings (SSSR count). The van der Waals surface area contributed by atoms with E-state index in [-0.39, 0.29) is 0 Å². The summed E-state index contributed by atoms with van der Waals surface area (Å²) in [5.41, 5.74) is 31.6. The standard InChI is InChI=1S/C55H35N3.C49H31N3/c56-36-37-17-19-40(20-18-37)43-11-8-12-47(33-43)58-53-16-7-5-14-49(53)51-35-45(28-32-55(51)58)42-23-21-41(22-24-42)44-27-31-54-50(34-44)48-13-4-6-15-52(48)57(54)46-29-25-39(26-30-46)38-9-2-1-3-10-38;50-32-33-9-8-12-41(29-33)52-47-16-7-5-14-43(47)45-31-39(24-28-49(45)52)37-19-17-36(18-20-37)38-23-27-48-44(30-38)42-13-4-6-15-46(42)51(48)40-25-21-35(22-26-40)34-10-2-1-3-11-34/h1-35H;1-31H. The van der Waals surface area contributed by atoms with Crippen molar-refractivity contribution in [1.29, 1.82) is 10.5 Å². The molecule has 0 aliphatic heterocycles. The Morgan fingerprint density at radius 3 is 0.727 bits per heavy atom. The van der Waals surface area contributed by atoms with Gasteiger partial charge in [-0.3, -0.25) is 0 Å². The van der Waals surface area contributed by atoms with Gasteiger partial charge in [-0.2, -0.15) is 10.5 Å². The first-order valence-electron chi connectivity index (χ1n) is 37.2. The summed E-state index contributed by atoms with van der Waals surface area (Å²) in [5, 5.41) is 28.6. The second-order valence-electron chi connectivity index (χ2n) is 28.2. The average Bonchev–Trinajstić information content (AvgIpc) is 1.61. The molecule has 0 N–H and O–H groups in total. The third-order valence-electron chi connectivity index (χ3n) is 21.9. The largest absolute Gasteiger partial charge is 0.309 e. The second-order valence-corrected chi connectivity index (χ2v) is 28.2. The number of benzene rings is 17. The van der Waals surface area contributed by atoms with Crippen molar-refractivity contribution in [3.05, 3.63) is 412 Å². The van der Waals surface area contributed by atoms with Gasteiger partial charge in [0.1, 0.15) is 0 Å². The lowest BCUT2D eigenvalue weighted by Gasteiger charge is -2.11. The van der Waals surface area contributed by atoms with Crippen LogP contribution in [0.25, 0.3) is 188 Å². The Labute approximate surface area is 636 Å². The molecule has 110 heavy (non-hydrogen) atoms. The molecule has 0 fully saturated rings. The van der Waals surface area contributed by atoms with Crippen LogP contribution >= 0.6 is 0 Å². The molecule has 0 aliphatic carbocycles. The molecule has 17 aromatic carbocycles. The average molecular weight is 1400 g/mol. The van der Waals surface area contributed by atoms with E-state index in [2.05, 4.69) is 388 Å². The zero-order valence-electron chi connectivity index (χ0n) is 59.8. The number of aromatic nitrogens is 4. The number of fused-ring (bicyclic) bond motifs is 12. The van der Waals surface area contributed by atoms with E-state index in [1.807, 2.05) is 42.5 Å². The van der Waals surface area contributed by atoms with Gasteiger partial charge in [0, 0.05) is 65.8 Å². The second kappa shape index (κ2) is 27.1. The first-order valence-corrected chi connectivity index (χ1v) is 37.2. The maximum absolute atomic E-state index is 9.55. The minimum atomic E-state index is 0.652. The smallest absolute Gasteiger partial charge is 0.0992 e. The number of rotatable bonds is 11. The van der Waals surface area contributed by atoms with Crippen molar-refractivity contribution >= 4 is 87.2 Å². The van der Waals surface area contributed by atoms with Crippen molar-refractivity contribution in [1.82, 2.24) is 18.3 Å². The van der Waals surface area contributed by atoms with Crippen LogP contribution in [0.4, 0.5) is 0 Å². The molecule has 0 radical (unpaired) electrons. The van der Waals surface area contributed by atoms with Crippen molar-refractivity contribution in [2.45, 2.75) is 0 Å². The molecule has 4 heterocycles. The van der Waals surface area contributed by atoms with Crippen molar-refractivity contribution in [2.75, 3.05) is 0 Å². The predicted molar refractivity (Wildman–Crippen MR) is 458 cm³/mol. The van der Waals surface area contributed by atoms with E-state index in [0.29, 0.717) is 11.1 Å². The molecule has 0 bridgehead atoms. The van der Waals surface area contributed by atoms with Crippen LogP contribution in [0.2, 0.25) is 0 Å². The van der Waals surface area contributed by atoms with E-state index in [4.69, 9.17) is 0 Å². The summed E-state index contributed by atoms with van der Waals surface area (Å²) in [6.07, 6.45) is 0. The van der Waals surface area contributed by atoms with Crippen LogP contribution in [0.1, 0.15) is 11.1 Å². The normalized spacial score (nSPS) is 11.4. The summed E-state index contributed by atoms with van der Waals surface area (Å²) in [5.74, 6) is 0. The highest BCUT2D eigenvalue weighted by Crippen LogP contribution is 2.42. The van der Waals surface area contributed by atoms with Gasteiger partial charge in [-0.05, 0) is 217 Å². The SMILES string of the molecule is N#Cc1ccc(-c2cccc(-n3c4ccccc4c4cc(-c5ccc(-c6ccc7c(c6)c6ccccc6n7-c6ccc(-c7ccccc7)cc6)cc5)ccc43)c2)cc1.N#Cc1cccc(-n2c3ccccc3c3cc(-c4ccc(-c5ccc6c(c5)c5ccccc5n6-c5ccc(-c6ccccc6)cc5)cc4)ccc32)c1. The monoisotopic (exact) mass is 1400 g/mol. The zero-order chi connectivity index (χ0) is 73.2. The Bertz CT molecular complexity index is 7230. The fraction of sp³-hybridized carbons (Fsp3) is 0. The summed E-state index contributed by atoms with van der Waals surface area (Å²) in [6.45, 7) is 0. The fourth-order valence-corrected chi connectivity index (χ4v) is 16.6. The minimum Gasteiger partial charge on any atom is -0.309 e. The van der Waals surface area contributed by atoms with E-state index in [0.717, 1.165) is 50.4 Å².